The monoisotopic (exact) mass is 238 g/mol. The Morgan fingerprint density at radius 1 is 1.25 bits per heavy atom. The fourth-order valence-electron chi connectivity index (χ4n) is 0.814. The summed E-state index contributed by atoms with van der Waals surface area (Å²) in [5, 5.41) is 9.18. The van der Waals surface area contributed by atoms with Crippen molar-refractivity contribution >= 4 is 21.9 Å². The van der Waals surface area contributed by atoms with E-state index in [-0.39, 0.29) is 6.42 Å². The highest BCUT2D eigenvalue weighted by molar-refractivity contribution is 9.09. The number of rotatable bonds is 8. The summed E-state index contributed by atoms with van der Waals surface area (Å²) >= 11 is 3.25. The van der Waals surface area contributed by atoms with Gasteiger partial charge in [0.2, 0.25) is 0 Å². The Bertz CT molecular complexity index is 117. The molecule has 0 spiro atoms. The smallest absolute Gasteiger partial charge is 0.303 e. The lowest BCUT2D eigenvalue weighted by Crippen LogP contribution is -1.98. The number of hydrogen-bond acceptors (Lipinski definition) is 2. The highest BCUT2D eigenvalue weighted by Crippen LogP contribution is 1.99. The maximum atomic E-state index is 10.1. The molecule has 0 heterocycles. The predicted octanol–water partition coefficient (Wildman–Crippen LogP) is 2.04. The molecule has 0 aromatic rings. The maximum absolute atomic E-state index is 10.1. The van der Waals surface area contributed by atoms with Gasteiger partial charge in [-0.1, -0.05) is 22.4 Å². The Balaban J connectivity index is 2.86. The van der Waals surface area contributed by atoms with Gasteiger partial charge in [0.15, 0.2) is 0 Å². The second-order valence-electron chi connectivity index (χ2n) is 2.51. The van der Waals surface area contributed by atoms with Gasteiger partial charge in [0.25, 0.3) is 0 Å². The summed E-state index contributed by atoms with van der Waals surface area (Å²) in [6.07, 6.45) is 2.93. The Kier molecular flexibility index (Phi) is 8.93. The van der Waals surface area contributed by atoms with Crippen LogP contribution in [0.4, 0.5) is 0 Å². The average molecular weight is 239 g/mol. The van der Waals surface area contributed by atoms with Gasteiger partial charge in [0.05, 0.1) is 6.61 Å². The molecule has 0 rings (SSSR count). The summed E-state index contributed by atoms with van der Waals surface area (Å²) in [6, 6.07) is 0. The highest BCUT2D eigenvalue weighted by atomic mass is 79.9. The van der Waals surface area contributed by atoms with Crippen molar-refractivity contribution < 1.29 is 14.6 Å². The SMILES string of the molecule is O=C(O)CCCCCOCCBr. The first-order valence-corrected chi connectivity index (χ1v) is 5.25. The maximum Gasteiger partial charge on any atom is 0.303 e. The number of carboxylic acid groups (broad SMARTS) is 1. The third-order valence-electron chi connectivity index (χ3n) is 1.40. The summed E-state index contributed by atoms with van der Waals surface area (Å²) in [6.45, 7) is 1.48. The van der Waals surface area contributed by atoms with Crippen molar-refractivity contribution in [1.29, 1.82) is 0 Å². The normalized spacial score (nSPS) is 10.1. The molecule has 0 aliphatic rings. The van der Waals surface area contributed by atoms with Crippen LogP contribution in [0.1, 0.15) is 25.7 Å². The molecule has 0 bridgehead atoms. The van der Waals surface area contributed by atoms with E-state index in [1.54, 1.807) is 0 Å². The number of aliphatic carboxylic acids is 1. The summed E-state index contributed by atoms with van der Waals surface area (Å²) in [5.41, 5.74) is 0. The van der Waals surface area contributed by atoms with Gasteiger partial charge in [0, 0.05) is 18.4 Å². The standard InChI is InChI=1S/C8H15BrO3/c9-5-7-12-6-3-1-2-4-8(10)11/h1-7H2,(H,10,11). The zero-order valence-corrected chi connectivity index (χ0v) is 8.68. The molecule has 0 atom stereocenters. The van der Waals surface area contributed by atoms with Gasteiger partial charge in [-0.15, -0.1) is 0 Å². The number of carbonyl (C=O) groups is 1. The number of carboxylic acids is 1. The first kappa shape index (κ1) is 11.9. The zero-order valence-electron chi connectivity index (χ0n) is 7.09. The van der Waals surface area contributed by atoms with Crippen LogP contribution >= 0.6 is 15.9 Å². The Hall–Kier alpha value is -0.0900. The molecule has 12 heavy (non-hydrogen) atoms. The molecule has 0 saturated carbocycles. The van der Waals surface area contributed by atoms with Gasteiger partial charge < -0.3 is 9.84 Å². The Labute approximate surface area is 81.2 Å². The van der Waals surface area contributed by atoms with Gasteiger partial charge in [0.1, 0.15) is 0 Å². The van der Waals surface area contributed by atoms with Crippen molar-refractivity contribution in [1.82, 2.24) is 0 Å². The van der Waals surface area contributed by atoms with Gasteiger partial charge in [-0.2, -0.15) is 0 Å². The van der Waals surface area contributed by atoms with Crippen molar-refractivity contribution in [3.8, 4) is 0 Å². The number of hydrogen-bond donors (Lipinski definition) is 1. The molecule has 0 saturated heterocycles. The quantitative estimate of drug-likeness (QED) is 0.520. The van der Waals surface area contributed by atoms with Crippen LogP contribution in [0.5, 0.6) is 0 Å². The van der Waals surface area contributed by atoms with E-state index in [0.717, 1.165) is 37.8 Å². The van der Waals surface area contributed by atoms with Crippen molar-refractivity contribution in [3.05, 3.63) is 0 Å². The Morgan fingerprint density at radius 3 is 2.58 bits per heavy atom. The van der Waals surface area contributed by atoms with Crippen molar-refractivity contribution in [2.45, 2.75) is 25.7 Å². The summed E-state index contributed by atoms with van der Waals surface area (Å²) < 4.78 is 5.20. The van der Waals surface area contributed by atoms with E-state index in [1.165, 1.54) is 0 Å². The minimum absolute atomic E-state index is 0.276. The van der Waals surface area contributed by atoms with Gasteiger partial charge in [-0.05, 0) is 12.8 Å². The number of ether oxygens (including phenoxy) is 1. The van der Waals surface area contributed by atoms with Crippen LogP contribution in [-0.2, 0) is 9.53 Å². The summed E-state index contributed by atoms with van der Waals surface area (Å²) in [4.78, 5) is 10.1. The Morgan fingerprint density at radius 2 is 2.00 bits per heavy atom. The fourth-order valence-corrected chi connectivity index (χ4v) is 1.04. The minimum Gasteiger partial charge on any atom is -0.481 e. The van der Waals surface area contributed by atoms with E-state index in [2.05, 4.69) is 15.9 Å². The number of halogens is 1. The minimum atomic E-state index is -0.712. The van der Waals surface area contributed by atoms with Crippen LogP contribution in [0.25, 0.3) is 0 Å². The number of alkyl halides is 1. The van der Waals surface area contributed by atoms with E-state index >= 15 is 0 Å². The van der Waals surface area contributed by atoms with Crippen molar-refractivity contribution in [2.24, 2.45) is 0 Å². The van der Waals surface area contributed by atoms with E-state index < -0.39 is 5.97 Å². The van der Waals surface area contributed by atoms with Crippen molar-refractivity contribution in [3.63, 3.8) is 0 Å². The molecule has 72 valence electrons. The van der Waals surface area contributed by atoms with Crippen LogP contribution in [0, 0.1) is 0 Å². The van der Waals surface area contributed by atoms with E-state index in [9.17, 15) is 4.79 Å². The average Bonchev–Trinajstić information content (AvgIpc) is 2.02. The van der Waals surface area contributed by atoms with Crippen LogP contribution in [0.3, 0.4) is 0 Å². The summed E-state index contributed by atoms with van der Waals surface area (Å²) in [5.74, 6) is -0.712. The van der Waals surface area contributed by atoms with Crippen LogP contribution in [0.15, 0.2) is 0 Å². The highest BCUT2D eigenvalue weighted by Gasteiger charge is 1.95. The molecule has 0 aliphatic heterocycles. The van der Waals surface area contributed by atoms with E-state index in [1.807, 2.05) is 0 Å². The molecule has 3 nitrogen and oxygen atoms in total. The van der Waals surface area contributed by atoms with E-state index in [0.29, 0.717) is 0 Å². The summed E-state index contributed by atoms with van der Waals surface area (Å²) in [7, 11) is 0. The third kappa shape index (κ3) is 9.91. The predicted molar refractivity (Wildman–Crippen MR) is 50.7 cm³/mol. The first-order chi connectivity index (χ1) is 5.77. The molecule has 4 heteroatoms. The van der Waals surface area contributed by atoms with Crippen LogP contribution in [-0.4, -0.2) is 29.6 Å². The molecular formula is C8H15BrO3. The van der Waals surface area contributed by atoms with Gasteiger partial charge in [-0.25, -0.2) is 0 Å². The second kappa shape index (κ2) is 9.00. The second-order valence-corrected chi connectivity index (χ2v) is 3.30. The number of unbranched alkanes of at least 4 members (excludes halogenated alkanes) is 2. The molecule has 0 aromatic carbocycles. The lowest BCUT2D eigenvalue weighted by Gasteiger charge is -2.00. The molecule has 0 amide bonds. The van der Waals surface area contributed by atoms with Crippen molar-refractivity contribution in [2.75, 3.05) is 18.5 Å². The van der Waals surface area contributed by atoms with Gasteiger partial charge in [-0.3, -0.25) is 4.79 Å². The molecular weight excluding hydrogens is 224 g/mol. The fraction of sp³-hybridized carbons (Fsp3) is 0.875. The van der Waals surface area contributed by atoms with Crippen LogP contribution < -0.4 is 0 Å². The molecule has 0 aliphatic carbocycles. The lowest BCUT2D eigenvalue weighted by molar-refractivity contribution is -0.137. The molecule has 0 unspecified atom stereocenters. The molecule has 0 radical (unpaired) electrons. The van der Waals surface area contributed by atoms with Crippen LogP contribution in [0.2, 0.25) is 0 Å². The molecule has 0 aromatic heterocycles. The van der Waals surface area contributed by atoms with Gasteiger partial charge >= 0.3 is 5.97 Å². The third-order valence-corrected chi connectivity index (χ3v) is 1.72. The zero-order chi connectivity index (χ0) is 9.23. The largest absolute Gasteiger partial charge is 0.481 e. The molecule has 1 N–H and O–H groups in total. The van der Waals surface area contributed by atoms with E-state index in [4.69, 9.17) is 9.84 Å². The molecule has 0 fully saturated rings. The topological polar surface area (TPSA) is 46.5 Å². The first-order valence-electron chi connectivity index (χ1n) is 4.13. The lowest BCUT2D eigenvalue weighted by atomic mass is 10.2.